The highest BCUT2D eigenvalue weighted by atomic mass is 19.1. The molecule has 60 heavy (non-hydrogen) atoms. The van der Waals surface area contributed by atoms with Gasteiger partial charge in [-0.15, -0.1) is 0 Å². The van der Waals surface area contributed by atoms with E-state index < -0.39 is 5.76 Å². The predicted molar refractivity (Wildman–Crippen MR) is 225 cm³/mol. The van der Waals surface area contributed by atoms with Gasteiger partial charge in [-0.05, 0) is 123 Å². The molecule has 10 rings (SSSR count). The van der Waals surface area contributed by atoms with Gasteiger partial charge in [0.2, 0.25) is 5.95 Å². The number of amides is 1. The molecule has 2 unspecified atom stereocenters. The Labute approximate surface area is 344 Å². The summed E-state index contributed by atoms with van der Waals surface area (Å²) < 4.78 is 28.0. The first-order valence-corrected chi connectivity index (χ1v) is 20.6. The van der Waals surface area contributed by atoms with Crippen LogP contribution < -0.4 is 16.6 Å². The van der Waals surface area contributed by atoms with Crippen molar-refractivity contribution >= 4 is 33.7 Å². The molecular formula is C45H48FN9O5. The Balaban J connectivity index is 0.000000403. The Bertz CT molecular complexity index is 2840. The summed E-state index contributed by atoms with van der Waals surface area (Å²) in [4.78, 5) is 51.1. The number of nitrogens with zero attached hydrogens (tertiary/aromatic N) is 6. The van der Waals surface area contributed by atoms with E-state index in [2.05, 4.69) is 73.4 Å². The fourth-order valence-corrected chi connectivity index (χ4v) is 8.59. The lowest BCUT2D eigenvalue weighted by molar-refractivity contribution is 0.0726. The molecule has 1 amide bonds. The number of ether oxygens (including phenoxy) is 1. The normalized spacial score (nSPS) is 17.7. The van der Waals surface area contributed by atoms with E-state index in [1.807, 2.05) is 24.0 Å². The van der Waals surface area contributed by atoms with Crippen LogP contribution in [0.1, 0.15) is 87.8 Å². The highest BCUT2D eigenvalue weighted by Crippen LogP contribution is 2.44. The van der Waals surface area contributed by atoms with Crippen molar-refractivity contribution in [3.8, 4) is 5.69 Å². The first-order chi connectivity index (χ1) is 29.0. The van der Waals surface area contributed by atoms with Crippen LogP contribution in [-0.4, -0.2) is 71.6 Å². The molecule has 6 heterocycles. The van der Waals surface area contributed by atoms with Crippen molar-refractivity contribution in [2.75, 3.05) is 31.6 Å². The minimum Gasteiger partial charge on any atom is -0.381 e. The number of aromatic nitrogens is 7. The quantitative estimate of drug-likeness (QED) is 0.153. The largest absolute Gasteiger partial charge is 0.438 e. The Kier molecular flexibility index (Phi) is 10.4. The van der Waals surface area contributed by atoms with Gasteiger partial charge in [0.25, 0.3) is 11.5 Å². The second kappa shape index (κ2) is 16.0. The van der Waals surface area contributed by atoms with Crippen molar-refractivity contribution in [1.82, 2.24) is 39.4 Å². The van der Waals surface area contributed by atoms with Gasteiger partial charge in [0.1, 0.15) is 11.5 Å². The Morgan fingerprint density at radius 3 is 2.52 bits per heavy atom. The van der Waals surface area contributed by atoms with Crippen LogP contribution in [0.4, 0.5) is 10.3 Å². The summed E-state index contributed by atoms with van der Waals surface area (Å²) in [5, 5.41) is 13.4. The summed E-state index contributed by atoms with van der Waals surface area (Å²) in [5.74, 6) is 1.75. The number of anilines is 1. The minimum absolute atomic E-state index is 0.129. The molecule has 7 aromatic rings. The molecule has 0 spiro atoms. The van der Waals surface area contributed by atoms with Crippen LogP contribution in [0, 0.1) is 25.6 Å². The topological polar surface area (TPSA) is 169 Å². The molecule has 310 valence electrons. The van der Waals surface area contributed by atoms with Crippen LogP contribution in [0.5, 0.6) is 0 Å². The first kappa shape index (κ1) is 39.1. The van der Waals surface area contributed by atoms with Crippen molar-refractivity contribution < 1.29 is 18.4 Å². The van der Waals surface area contributed by atoms with Crippen LogP contribution in [0.2, 0.25) is 0 Å². The third-order valence-corrected chi connectivity index (χ3v) is 12.2. The summed E-state index contributed by atoms with van der Waals surface area (Å²) in [6.45, 7) is 8.17. The van der Waals surface area contributed by atoms with Crippen molar-refractivity contribution in [3.05, 3.63) is 133 Å². The maximum atomic E-state index is 14.7. The lowest BCUT2D eigenvalue weighted by Gasteiger charge is -2.29. The molecule has 2 fully saturated rings. The standard InChI is InChI=1S/C39H40FN7O3.C6H8N2O2/c1-23-16-30(17-24(2)36(23)40)47-37(48)31-9-13-46(38(49)33-20-28-19-27(5-6-32(28)43-33)26-10-14-50-15-11-26)22-34(31)44-39(47)41-12-8-25-4-7-35-29(18-25)21-42-45(35)3;1-3-2-4(3)5-7-6(9)10-8-5/h4-7,16-21,26,43H,8-15,22H2,1-3H3,(H,41,44);3-4H,2H2,1H3,(H,7,8,9). The molecule has 4 aromatic heterocycles. The van der Waals surface area contributed by atoms with E-state index >= 15 is 0 Å². The van der Waals surface area contributed by atoms with E-state index in [9.17, 15) is 18.8 Å². The summed E-state index contributed by atoms with van der Waals surface area (Å²) >= 11 is 0. The maximum absolute atomic E-state index is 14.7. The molecule has 1 saturated carbocycles. The van der Waals surface area contributed by atoms with Gasteiger partial charge >= 0.3 is 5.76 Å². The number of H-pyrrole nitrogens is 2. The molecule has 0 bridgehead atoms. The average molecular weight is 814 g/mol. The molecule has 2 atom stereocenters. The molecular weight excluding hydrogens is 766 g/mol. The zero-order valence-corrected chi connectivity index (χ0v) is 34.2. The monoisotopic (exact) mass is 813 g/mol. The van der Waals surface area contributed by atoms with Crippen LogP contribution in [-0.2, 0) is 31.2 Å². The van der Waals surface area contributed by atoms with E-state index in [0.29, 0.717) is 89.2 Å². The number of carbonyl (C=O) groups excluding carboxylic acids is 1. The number of halogens is 1. The Hall–Kier alpha value is -6.35. The third-order valence-electron chi connectivity index (χ3n) is 12.2. The summed E-state index contributed by atoms with van der Waals surface area (Å²) in [7, 11) is 1.92. The molecule has 3 N–H and O–H groups in total. The van der Waals surface area contributed by atoms with Crippen LogP contribution >= 0.6 is 0 Å². The van der Waals surface area contributed by atoms with Crippen molar-refractivity contribution in [2.45, 2.75) is 71.3 Å². The van der Waals surface area contributed by atoms with Crippen LogP contribution in [0.25, 0.3) is 27.5 Å². The zero-order chi connectivity index (χ0) is 41.7. The van der Waals surface area contributed by atoms with E-state index in [0.717, 1.165) is 59.8 Å². The van der Waals surface area contributed by atoms with Gasteiger partial charge in [0.05, 0.1) is 29.6 Å². The van der Waals surface area contributed by atoms with E-state index in [4.69, 9.17) is 9.72 Å². The van der Waals surface area contributed by atoms with Gasteiger partial charge in [-0.1, -0.05) is 24.2 Å². The molecule has 1 saturated heterocycles. The SMILES string of the molecule is CC1CC1c1noc(=O)[nH]1.Cc1cc(-n2c(NCCc3ccc4c(cnn4C)c3)nc3c(c2=O)CCN(C(=O)c2cc4cc(C5CCOCC5)ccc4[nH]2)C3)cc(C)c1F. The fraction of sp³-hybridized carbons (Fsp3) is 0.378. The van der Waals surface area contributed by atoms with E-state index in [1.54, 1.807) is 35.4 Å². The van der Waals surface area contributed by atoms with Gasteiger partial charge < -0.3 is 19.9 Å². The Morgan fingerprint density at radius 1 is 1.00 bits per heavy atom. The second-order valence-corrected chi connectivity index (χ2v) is 16.4. The minimum atomic E-state index is -0.450. The Morgan fingerprint density at radius 2 is 1.78 bits per heavy atom. The zero-order valence-electron chi connectivity index (χ0n) is 34.2. The number of nitrogens with one attached hydrogen (secondary N) is 3. The number of rotatable bonds is 8. The average Bonchev–Trinajstić information content (AvgIpc) is 3.53. The lowest BCUT2D eigenvalue weighted by Crippen LogP contribution is -2.41. The van der Waals surface area contributed by atoms with Gasteiger partial charge in [-0.25, -0.2) is 18.7 Å². The third kappa shape index (κ3) is 7.76. The number of hydrogen-bond acceptors (Lipinski definition) is 9. The van der Waals surface area contributed by atoms with Crippen LogP contribution in [0.15, 0.2) is 74.9 Å². The van der Waals surface area contributed by atoms with Crippen molar-refractivity contribution in [2.24, 2.45) is 13.0 Å². The van der Waals surface area contributed by atoms with Gasteiger partial charge in [0.15, 0.2) is 5.82 Å². The number of carbonyl (C=O) groups is 1. The van der Waals surface area contributed by atoms with Crippen molar-refractivity contribution in [3.63, 3.8) is 0 Å². The summed E-state index contributed by atoms with van der Waals surface area (Å²) in [6.07, 6.45) is 6.01. The lowest BCUT2D eigenvalue weighted by atomic mass is 9.91. The smallest absolute Gasteiger partial charge is 0.381 e. The van der Waals surface area contributed by atoms with Gasteiger partial charge in [0, 0.05) is 61.1 Å². The molecule has 3 aliphatic rings. The van der Waals surface area contributed by atoms with Gasteiger partial charge in [-0.2, -0.15) is 5.10 Å². The molecule has 15 heteroatoms. The molecule has 2 aliphatic heterocycles. The number of hydrogen-bond donors (Lipinski definition) is 3. The first-order valence-electron chi connectivity index (χ1n) is 20.6. The summed E-state index contributed by atoms with van der Waals surface area (Å²) in [6, 6.07) is 17.9. The molecule has 3 aromatic carbocycles. The highest BCUT2D eigenvalue weighted by molar-refractivity contribution is 5.98. The van der Waals surface area contributed by atoms with Crippen molar-refractivity contribution in [1.29, 1.82) is 0 Å². The second-order valence-electron chi connectivity index (χ2n) is 16.4. The highest BCUT2D eigenvalue weighted by Gasteiger charge is 2.37. The molecule has 14 nitrogen and oxygen atoms in total. The molecule has 0 radical (unpaired) electrons. The van der Waals surface area contributed by atoms with E-state index in [-0.39, 0.29) is 23.8 Å². The van der Waals surface area contributed by atoms with E-state index in [1.165, 1.54) is 5.56 Å². The predicted octanol–water partition coefficient (Wildman–Crippen LogP) is 6.59. The maximum Gasteiger partial charge on any atom is 0.438 e. The van der Waals surface area contributed by atoms with Crippen LogP contribution in [0.3, 0.4) is 0 Å². The number of benzene rings is 3. The van der Waals surface area contributed by atoms with Gasteiger partial charge in [-0.3, -0.25) is 23.8 Å². The summed E-state index contributed by atoms with van der Waals surface area (Å²) in [5.41, 5.74) is 7.27. The fourth-order valence-electron chi connectivity index (χ4n) is 8.59. The molecule has 1 aliphatic carbocycles. The number of fused-ring (bicyclic) bond motifs is 3. The number of aromatic amines is 2. The number of aryl methyl sites for hydroxylation is 3.